The second kappa shape index (κ2) is 19.5. The molecule has 0 radical (unpaired) electrons. The SMILES string of the molecule is C[C@@H]1CC[C@H]2[C@H](C[C@@]3(CCCCCCC[C@]4(C[C@H]5C(=O)O[C@@H]6O[C@]7(C)CC[C@H]8[C@H](C)CC[C@@H]5[C@@]68OO7)C(=O)O[C@@H]5O[C@]6(C)CC[C@H]7[C@H](C)CC[C@@H]4[C@@]57OO6)C(=O)O[C@@H]4O[C@]5(C)CC[C@H]6[C@H](C)CC[C@@H]3[C@@]46OO5)C(=O)O[C@@H]3O[C@]4(C)CC[C@@H]1[C@]32OO4. The fraction of sp³-hybridized carbons (Fsp3) is 0.938. The Bertz CT molecular complexity index is 2550. The largest absolute Gasteiger partial charge is 0.432 e. The summed E-state index contributed by atoms with van der Waals surface area (Å²) in [5, 5.41) is 0. The first kappa shape index (κ1) is 57.6. The van der Waals surface area contributed by atoms with Crippen molar-refractivity contribution in [3.8, 4) is 0 Å². The van der Waals surface area contributed by atoms with Crippen molar-refractivity contribution in [2.75, 3.05) is 0 Å². The van der Waals surface area contributed by atoms with E-state index in [-0.39, 0.29) is 95.9 Å². The zero-order valence-electron chi connectivity index (χ0n) is 51.2. The molecule has 20 rings (SSSR count). The second-order valence-corrected chi connectivity index (χ2v) is 31.4. The van der Waals surface area contributed by atoms with E-state index in [1.807, 2.05) is 27.7 Å². The highest BCUT2D eigenvalue weighted by Crippen LogP contribution is 2.70. The molecule has 0 aromatic carbocycles. The average Bonchev–Trinajstić information content (AvgIpc) is 1.71. The molecule has 16 aliphatic heterocycles. The predicted molar refractivity (Wildman–Crippen MR) is 289 cm³/mol. The third kappa shape index (κ3) is 7.87. The molecule has 20 fully saturated rings. The van der Waals surface area contributed by atoms with Crippen LogP contribution in [0, 0.1) is 93.7 Å². The zero-order chi connectivity index (χ0) is 58.7. The van der Waals surface area contributed by atoms with Crippen LogP contribution in [0.3, 0.4) is 0 Å². The minimum absolute atomic E-state index is 0.0142. The summed E-state index contributed by atoms with van der Waals surface area (Å²) in [7, 11) is 0. The number of ether oxygens (including phenoxy) is 8. The molecule has 0 aromatic rings. The van der Waals surface area contributed by atoms with Gasteiger partial charge in [0.15, 0.2) is 22.4 Å². The van der Waals surface area contributed by atoms with Crippen LogP contribution in [-0.2, 0) is 96.2 Å². The van der Waals surface area contributed by atoms with Crippen molar-refractivity contribution in [3.05, 3.63) is 0 Å². The summed E-state index contributed by atoms with van der Waals surface area (Å²) in [5.74, 6) is -7.62. The average molecular weight is 1190 g/mol. The van der Waals surface area contributed by atoms with Crippen LogP contribution in [0.2, 0.25) is 0 Å². The molecule has 4 saturated carbocycles. The van der Waals surface area contributed by atoms with Gasteiger partial charge in [-0.1, -0.05) is 59.8 Å². The van der Waals surface area contributed by atoms with E-state index in [0.29, 0.717) is 77.0 Å². The lowest BCUT2D eigenvalue weighted by Crippen LogP contribution is -2.74. The van der Waals surface area contributed by atoms with Gasteiger partial charge < -0.3 is 37.9 Å². The molecule has 20 nitrogen and oxygen atoms in total. The Morgan fingerprint density at radius 3 is 1.01 bits per heavy atom. The summed E-state index contributed by atoms with van der Waals surface area (Å²) < 4.78 is 52.7. The van der Waals surface area contributed by atoms with Crippen LogP contribution in [0.15, 0.2) is 0 Å². The minimum atomic E-state index is -1.18. The van der Waals surface area contributed by atoms with Crippen molar-refractivity contribution < 1.29 is 96.2 Å². The molecular formula is C65H92O20. The molecule has 0 N–H and O–H groups in total. The monoisotopic (exact) mass is 1190 g/mol. The number of fused-ring (bicyclic) bond motifs is 8. The van der Waals surface area contributed by atoms with Crippen molar-refractivity contribution in [2.45, 2.75) is 287 Å². The van der Waals surface area contributed by atoms with Gasteiger partial charge in [0, 0.05) is 73.0 Å². The van der Waals surface area contributed by atoms with Gasteiger partial charge in [0.1, 0.15) is 0 Å². The molecule has 85 heavy (non-hydrogen) atoms. The summed E-state index contributed by atoms with van der Waals surface area (Å²) in [4.78, 5) is 113. The molecular weight excluding hydrogens is 1100 g/mol. The molecule has 0 unspecified atom stereocenters. The molecule has 20 heteroatoms. The summed E-state index contributed by atoms with van der Waals surface area (Å²) in [6.07, 6.45) is 12.8. The first-order valence-corrected chi connectivity index (χ1v) is 33.6. The van der Waals surface area contributed by atoms with Gasteiger partial charge in [0.25, 0.3) is 0 Å². The van der Waals surface area contributed by atoms with Gasteiger partial charge in [0.2, 0.25) is 48.3 Å². The van der Waals surface area contributed by atoms with Crippen molar-refractivity contribution >= 4 is 23.9 Å². The Morgan fingerprint density at radius 1 is 0.341 bits per heavy atom. The lowest BCUT2D eigenvalue weighted by Gasteiger charge is -2.63. The first-order valence-electron chi connectivity index (χ1n) is 33.6. The number of rotatable bonds is 12. The maximum Gasteiger partial charge on any atom is 0.314 e. The van der Waals surface area contributed by atoms with Crippen molar-refractivity contribution in [1.82, 2.24) is 0 Å². The lowest BCUT2D eigenvalue weighted by atomic mass is 9.49. The fourth-order valence-corrected chi connectivity index (χ4v) is 22.6. The van der Waals surface area contributed by atoms with E-state index >= 15 is 9.59 Å². The van der Waals surface area contributed by atoms with E-state index in [2.05, 4.69) is 27.7 Å². The molecule has 472 valence electrons. The molecule has 4 spiro atoms. The van der Waals surface area contributed by atoms with E-state index in [1.165, 1.54) is 0 Å². The summed E-state index contributed by atoms with van der Waals surface area (Å²) >= 11 is 0. The smallest absolute Gasteiger partial charge is 0.314 e. The van der Waals surface area contributed by atoms with Crippen LogP contribution in [0.5, 0.6) is 0 Å². The number of carbonyl (C=O) groups is 4. The quantitative estimate of drug-likeness (QED) is 0.0768. The van der Waals surface area contributed by atoms with Crippen LogP contribution < -0.4 is 0 Å². The number of unbranched alkanes of at least 4 members (excludes halogenated alkanes) is 4. The van der Waals surface area contributed by atoms with Crippen molar-refractivity contribution in [1.29, 1.82) is 0 Å². The Hall–Kier alpha value is -2.60. The predicted octanol–water partition coefficient (Wildman–Crippen LogP) is 10.8. The number of esters is 4. The van der Waals surface area contributed by atoms with Crippen LogP contribution >= 0.6 is 0 Å². The molecule has 0 aromatic heterocycles. The molecule has 16 saturated heterocycles. The van der Waals surface area contributed by atoms with Gasteiger partial charge in [-0.15, -0.1) is 0 Å². The molecule has 20 aliphatic rings. The maximum absolute atomic E-state index is 15.7. The lowest BCUT2D eigenvalue weighted by molar-refractivity contribution is -0.564. The van der Waals surface area contributed by atoms with Crippen molar-refractivity contribution in [3.63, 3.8) is 0 Å². The summed E-state index contributed by atoms with van der Waals surface area (Å²) in [6, 6.07) is 0. The zero-order valence-corrected chi connectivity index (χ0v) is 51.2. The third-order valence-corrected chi connectivity index (χ3v) is 27.0. The normalized spacial score (nSPS) is 57.5. The number of carbonyl (C=O) groups excluding carboxylic acids is 4. The van der Waals surface area contributed by atoms with Gasteiger partial charge in [-0.2, -0.15) is 0 Å². The van der Waals surface area contributed by atoms with E-state index < -0.39 is 105 Å². The summed E-state index contributed by atoms with van der Waals surface area (Å²) in [5.41, 5.74) is -6.61. The van der Waals surface area contributed by atoms with Gasteiger partial charge in [-0.25, -0.2) is 39.1 Å². The van der Waals surface area contributed by atoms with Crippen LogP contribution in [0.1, 0.15) is 216 Å². The standard InChI is InChI=1S/C65H92O20/c1-34-14-18-44-38(48(66)70-52-62(44)40(34)22-28-56(5,74-52)78-82-62)32-60(46-20-16-36(3)42-24-30-58(7)76-54(72-50(60)68)64(42,46)84-80-58)26-12-10-9-11-13-27-61(47-21-17-37(4)43-25-31-59(8)77-55(73-51(61)69)65(43,47)85-81-59)33-39-45-19-15-35(2)41-23-29-57(6)75-53(71-49(39)67)63(41,45)83-79-57/h34-47,52-55H,9-33H2,1-8H3/t34-,35-,36-,37-,38-,39+,40+,41+,42+,43+,44+,45+,46+,47+,52-,53-,54-,55-,56+,57+,58+,59+,60-,61-,62-,63-,64-,65-/m1/s1. The third-order valence-electron chi connectivity index (χ3n) is 27.0. The number of hydrogen-bond donors (Lipinski definition) is 0. The highest BCUT2D eigenvalue weighted by atomic mass is 17.3. The molecule has 0 amide bonds. The Morgan fingerprint density at radius 2 is 0.647 bits per heavy atom. The number of hydrogen-bond acceptors (Lipinski definition) is 20. The van der Waals surface area contributed by atoms with Crippen LogP contribution in [-0.4, -0.2) is 94.6 Å². The molecule has 28 atom stereocenters. The first-order chi connectivity index (χ1) is 40.6. The molecule has 8 bridgehead atoms. The van der Waals surface area contributed by atoms with Gasteiger partial charge >= 0.3 is 23.9 Å². The molecule has 4 aliphatic carbocycles. The van der Waals surface area contributed by atoms with E-state index in [1.54, 1.807) is 0 Å². The maximum atomic E-state index is 15.7. The van der Waals surface area contributed by atoms with E-state index in [0.717, 1.165) is 70.6 Å². The minimum Gasteiger partial charge on any atom is -0.432 e. The van der Waals surface area contributed by atoms with Gasteiger partial charge in [0.05, 0.1) is 22.7 Å². The summed E-state index contributed by atoms with van der Waals surface area (Å²) in [6.45, 7) is 16.4. The fourth-order valence-electron chi connectivity index (χ4n) is 22.6. The highest BCUT2D eigenvalue weighted by Gasteiger charge is 2.80. The second-order valence-electron chi connectivity index (χ2n) is 31.4. The van der Waals surface area contributed by atoms with Gasteiger partial charge in [-0.05, 0) is 154 Å². The van der Waals surface area contributed by atoms with E-state index in [4.69, 9.17) is 77.0 Å². The molecule has 16 heterocycles. The van der Waals surface area contributed by atoms with Crippen LogP contribution in [0.4, 0.5) is 0 Å². The Kier molecular flexibility index (Phi) is 13.2. The Balaban J connectivity index is 0.698. The topological polar surface area (TPSA) is 216 Å². The van der Waals surface area contributed by atoms with Crippen LogP contribution in [0.25, 0.3) is 0 Å². The Labute approximate surface area is 498 Å². The van der Waals surface area contributed by atoms with Crippen molar-refractivity contribution in [2.24, 2.45) is 93.7 Å². The van der Waals surface area contributed by atoms with E-state index in [9.17, 15) is 9.59 Å². The van der Waals surface area contributed by atoms with Gasteiger partial charge in [-0.3, -0.25) is 19.2 Å². The highest BCUT2D eigenvalue weighted by molar-refractivity contribution is 5.82.